The Kier molecular flexibility index (Phi) is 5.02. The molecule has 0 aromatic heterocycles. The SMILES string of the molecule is Cc1cc(OCC(=O)N2CCC[C@H]3CCCC[C@@H]32)ccc1[N+](=O)[O-]. The van der Waals surface area contributed by atoms with Crippen molar-refractivity contribution in [1.82, 2.24) is 4.90 Å². The molecular weight excluding hydrogens is 308 g/mol. The third-order valence-electron chi connectivity index (χ3n) is 5.29. The Labute approximate surface area is 141 Å². The highest BCUT2D eigenvalue weighted by Crippen LogP contribution is 2.35. The number of piperidine rings is 1. The van der Waals surface area contributed by atoms with Crippen LogP contribution in [0.25, 0.3) is 0 Å². The van der Waals surface area contributed by atoms with Gasteiger partial charge in [-0.15, -0.1) is 0 Å². The third kappa shape index (κ3) is 3.52. The van der Waals surface area contributed by atoms with E-state index < -0.39 is 4.92 Å². The molecule has 0 unspecified atom stereocenters. The van der Waals surface area contributed by atoms with Crippen LogP contribution in [0.1, 0.15) is 44.1 Å². The second-order valence-electron chi connectivity index (χ2n) is 6.84. The number of nitro benzene ring substituents is 1. The van der Waals surface area contributed by atoms with Gasteiger partial charge in [0.05, 0.1) is 4.92 Å². The summed E-state index contributed by atoms with van der Waals surface area (Å²) in [5, 5.41) is 10.8. The Bertz CT molecular complexity index is 629. The first-order valence-corrected chi connectivity index (χ1v) is 8.73. The number of hydrogen-bond donors (Lipinski definition) is 0. The number of carbonyl (C=O) groups is 1. The van der Waals surface area contributed by atoms with Gasteiger partial charge < -0.3 is 9.64 Å². The standard InChI is InChI=1S/C18H24N2O4/c1-13-11-15(8-9-16(13)20(22)23)24-12-18(21)19-10-4-6-14-5-2-3-7-17(14)19/h8-9,11,14,17H,2-7,10,12H2,1H3/t14-,17+/m1/s1. The molecule has 24 heavy (non-hydrogen) atoms. The van der Waals surface area contributed by atoms with Crippen LogP contribution in [0.15, 0.2) is 18.2 Å². The van der Waals surface area contributed by atoms with Gasteiger partial charge in [0.2, 0.25) is 0 Å². The van der Waals surface area contributed by atoms with E-state index in [1.165, 1.54) is 31.7 Å². The fraction of sp³-hybridized carbons (Fsp3) is 0.611. The minimum absolute atomic E-state index is 0.000467. The lowest BCUT2D eigenvalue weighted by Gasteiger charge is -2.44. The molecule has 6 nitrogen and oxygen atoms in total. The molecule has 1 heterocycles. The number of hydrogen-bond acceptors (Lipinski definition) is 4. The monoisotopic (exact) mass is 332 g/mol. The summed E-state index contributed by atoms with van der Waals surface area (Å²) in [5.41, 5.74) is 0.602. The van der Waals surface area contributed by atoms with Gasteiger partial charge in [-0.25, -0.2) is 0 Å². The molecule has 3 rings (SSSR count). The molecule has 1 aromatic rings. The first-order chi connectivity index (χ1) is 11.6. The van der Waals surface area contributed by atoms with Crippen molar-refractivity contribution in [3.8, 4) is 5.75 Å². The molecule has 1 amide bonds. The van der Waals surface area contributed by atoms with Crippen molar-refractivity contribution in [1.29, 1.82) is 0 Å². The molecule has 1 saturated carbocycles. The summed E-state index contributed by atoms with van der Waals surface area (Å²) in [5.74, 6) is 1.18. The lowest BCUT2D eigenvalue weighted by atomic mass is 9.78. The maximum absolute atomic E-state index is 12.6. The molecule has 130 valence electrons. The molecule has 1 aliphatic carbocycles. The summed E-state index contributed by atoms with van der Waals surface area (Å²) < 4.78 is 5.60. The maximum atomic E-state index is 12.6. The van der Waals surface area contributed by atoms with Crippen LogP contribution in [0.5, 0.6) is 5.75 Å². The van der Waals surface area contributed by atoms with E-state index in [1.807, 2.05) is 4.90 Å². The van der Waals surface area contributed by atoms with E-state index in [0.717, 1.165) is 19.4 Å². The molecule has 0 radical (unpaired) electrons. The van der Waals surface area contributed by atoms with Crippen molar-refractivity contribution in [2.24, 2.45) is 5.92 Å². The predicted octanol–water partition coefficient (Wildman–Crippen LogP) is 3.46. The van der Waals surface area contributed by atoms with Crippen LogP contribution in [-0.4, -0.2) is 34.9 Å². The zero-order valence-electron chi connectivity index (χ0n) is 14.1. The van der Waals surface area contributed by atoms with Crippen LogP contribution in [0.4, 0.5) is 5.69 Å². The van der Waals surface area contributed by atoms with E-state index in [9.17, 15) is 14.9 Å². The van der Waals surface area contributed by atoms with E-state index in [-0.39, 0.29) is 18.2 Å². The van der Waals surface area contributed by atoms with Gasteiger partial charge in [0.1, 0.15) is 5.75 Å². The van der Waals surface area contributed by atoms with Gasteiger partial charge in [-0.2, -0.15) is 0 Å². The van der Waals surface area contributed by atoms with Crippen LogP contribution < -0.4 is 4.74 Å². The van der Waals surface area contributed by atoms with Gasteiger partial charge in [0.25, 0.3) is 11.6 Å². The number of nitrogens with zero attached hydrogens (tertiary/aromatic N) is 2. The number of rotatable bonds is 4. The van der Waals surface area contributed by atoms with Crippen molar-refractivity contribution in [3.05, 3.63) is 33.9 Å². The Balaban J connectivity index is 1.60. The highest BCUT2D eigenvalue weighted by molar-refractivity contribution is 5.78. The van der Waals surface area contributed by atoms with Gasteiger partial charge in [-0.05, 0) is 50.7 Å². The average molecular weight is 332 g/mol. The highest BCUT2D eigenvalue weighted by atomic mass is 16.6. The predicted molar refractivity (Wildman–Crippen MR) is 90.0 cm³/mol. The lowest BCUT2D eigenvalue weighted by Crippen LogP contribution is -2.51. The number of carbonyl (C=O) groups excluding carboxylic acids is 1. The minimum Gasteiger partial charge on any atom is -0.484 e. The maximum Gasteiger partial charge on any atom is 0.272 e. The van der Waals surface area contributed by atoms with E-state index in [4.69, 9.17) is 4.74 Å². The van der Waals surface area contributed by atoms with Gasteiger partial charge in [0.15, 0.2) is 6.61 Å². The molecular formula is C18H24N2O4. The van der Waals surface area contributed by atoms with E-state index >= 15 is 0 Å². The van der Waals surface area contributed by atoms with Crippen LogP contribution in [0, 0.1) is 23.0 Å². The van der Waals surface area contributed by atoms with E-state index in [1.54, 1.807) is 19.1 Å². The molecule has 0 bridgehead atoms. The van der Waals surface area contributed by atoms with E-state index in [2.05, 4.69) is 0 Å². The molecule has 2 fully saturated rings. The molecule has 1 saturated heterocycles. The quantitative estimate of drug-likeness (QED) is 0.625. The Morgan fingerprint density at radius 1 is 1.29 bits per heavy atom. The largest absolute Gasteiger partial charge is 0.484 e. The van der Waals surface area contributed by atoms with Crippen LogP contribution >= 0.6 is 0 Å². The number of benzene rings is 1. The van der Waals surface area contributed by atoms with Crippen molar-refractivity contribution < 1.29 is 14.5 Å². The Morgan fingerprint density at radius 3 is 2.79 bits per heavy atom. The molecule has 2 aliphatic rings. The summed E-state index contributed by atoms with van der Waals surface area (Å²) in [7, 11) is 0. The number of likely N-dealkylation sites (tertiary alicyclic amines) is 1. The van der Waals surface area contributed by atoms with Crippen molar-refractivity contribution >= 4 is 11.6 Å². The third-order valence-corrected chi connectivity index (χ3v) is 5.29. The number of aryl methyl sites for hydroxylation is 1. The van der Waals surface area contributed by atoms with Gasteiger partial charge in [0, 0.05) is 24.2 Å². The topological polar surface area (TPSA) is 72.7 Å². The number of fused-ring (bicyclic) bond motifs is 1. The highest BCUT2D eigenvalue weighted by Gasteiger charge is 2.35. The second kappa shape index (κ2) is 7.20. The number of amides is 1. The summed E-state index contributed by atoms with van der Waals surface area (Å²) >= 11 is 0. The van der Waals surface area contributed by atoms with Crippen molar-refractivity contribution in [2.45, 2.75) is 51.5 Å². The summed E-state index contributed by atoms with van der Waals surface area (Å²) in [4.78, 5) is 25.0. The van der Waals surface area contributed by atoms with Crippen LogP contribution in [-0.2, 0) is 4.79 Å². The van der Waals surface area contributed by atoms with Crippen LogP contribution in [0.2, 0.25) is 0 Å². The number of ether oxygens (including phenoxy) is 1. The van der Waals surface area contributed by atoms with Gasteiger partial charge >= 0.3 is 0 Å². The molecule has 2 atom stereocenters. The Hall–Kier alpha value is -2.11. The van der Waals surface area contributed by atoms with Gasteiger partial charge in [-0.1, -0.05) is 12.8 Å². The average Bonchev–Trinajstić information content (AvgIpc) is 2.59. The van der Waals surface area contributed by atoms with Crippen molar-refractivity contribution in [2.75, 3.05) is 13.2 Å². The van der Waals surface area contributed by atoms with Crippen LogP contribution in [0.3, 0.4) is 0 Å². The number of nitro groups is 1. The Morgan fingerprint density at radius 2 is 2.04 bits per heavy atom. The van der Waals surface area contributed by atoms with Gasteiger partial charge in [-0.3, -0.25) is 14.9 Å². The molecule has 0 N–H and O–H groups in total. The zero-order chi connectivity index (χ0) is 17.1. The normalized spacial score (nSPS) is 23.5. The zero-order valence-corrected chi connectivity index (χ0v) is 14.1. The second-order valence-corrected chi connectivity index (χ2v) is 6.84. The minimum atomic E-state index is -0.415. The molecule has 1 aliphatic heterocycles. The van der Waals surface area contributed by atoms with Crippen molar-refractivity contribution in [3.63, 3.8) is 0 Å². The summed E-state index contributed by atoms with van der Waals surface area (Å²) in [6, 6.07) is 4.97. The molecule has 0 spiro atoms. The fourth-order valence-corrected chi connectivity index (χ4v) is 4.08. The first kappa shape index (κ1) is 16.7. The lowest BCUT2D eigenvalue weighted by molar-refractivity contribution is -0.385. The summed E-state index contributed by atoms with van der Waals surface area (Å²) in [6.45, 7) is 2.49. The smallest absolute Gasteiger partial charge is 0.272 e. The molecule has 1 aromatic carbocycles. The molecule has 6 heteroatoms. The summed E-state index contributed by atoms with van der Waals surface area (Å²) in [6.07, 6.45) is 7.12. The van der Waals surface area contributed by atoms with E-state index in [0.29, 0.717) is 23.3 Å². The first-order valence-electron chi connectivity index (χ1n) is 8.73. The fourth-order valence-electron chi connectivity index (χ4n) is 4.08.